The number of nitrogens with zero attached hydrogens (tertiary/aromatic N) is 5. The Labute approximate surface area is 134 Å². The number of nitrogens with one attached hydrogen (secondary N) is 1. The highest BCUT2D eigenvalue weighted by Crippen LogP contribution is 2.40. The number of anilines is 1. The average molecular weight is 317 g/mol. The fraction of sp³-hybridized carbons (Fsp3) is 0.400. The number of likely N-dealkylation sites (N-methyl/N-ethyl adjacent to an activating group) is 1. The highest BCUT2D eigenvalue weighted by Gasteiger charge is 2.56. The predicted octanol–water partition coefficient (Wildman–Crippen LogP) is 1.15. The monoisotopic (exact) mass is 316 g/mol. The predicted molar refractivity (Wildman–Crippen MR) is 88.8 cm³/mol. The lowest BCUT2D eigenvalue weighted by Crippen LogP contribution is -2.64. The Morgan fingerprint density at radius 3 is 3.05 bits per heavy atom. The number of hydrogen-bond acceptors (Lipinski definition) is 6. The minimum atomic E-state index is -0.313. The minimum Gasteiger partial charge on any atom is -0.308 e. The van der Waals surface area contributed by atoms with E-state index >= 15 is 0 Å². The van der Waals surface area contributed by atoms with Crippen LogP contribution in [-0.2, 0) is 0 Å². The highest BCUT2D eigenvalue weighted by molar-refractivity contribution is 6.29. The quantitative estimate of drug-likeness (QED) is 0.832. The number of aromatic nitrogens is 1. The standard InChI is InChI=1S/C15H17ClN6/c1-17-10-8-18-14-15(13(10)19-9-21(15)2)6-7-22(14)12-5-3-4-11(16)20-12/h3-8,10,14,17H,9H2,1-2H3. The van der Waals surface area contributed by atoms with E-state index in [1.165, 1.54) is 0 Å². The van der Waals surface area contributed by atoms with Gasteiger partial charge < -0.3 is 10.2 Å². The molecule has 4 heterocycles. The Hall–Kier alpha value is -1.76. The van der Waals surface area contributed by atoms with Crippen LogP contribution in [0.5, 0.6) is 0 Å². The summed E-state index contributed by atoms with van der Waals surface area (Å²) >= 11 is 6.04. The zero-order chi connectivity index (χ0) is 15.3. The Bertz CT molecular complexity index is 699. The second kappa shape index (κ2) is 4.87. The van der Waals surface area contributed by atoms with Crippen molar-refractivity contribution in [3.63, 3.8) is 0 Å². The van der Waals surface area contributed by atoms with Crippen LogP contribution in [-0.4, -0.2) is 60.3 Å². The summed E-state index contributed by atoms with van der Waals surface area (Å²) < 4.78 is 0. The third-order valence-electron chi connectivity index (χ3n) is 4.59. The lowest BCUT2D eigenvalue weighted by atomic mass is 9.84. The molecule has 0 aliphatic carbocycles. The van der Waals surface area contributed by atoms with Gasteiger partial charge in [-0.3, -0.25) is 14.9 Å². The summed E-state index contributed by atoms with van der Waals surface area (Å²) in [5, 5.41) is 3.75. The molecule has 3 aliphatic heterocycles. The normalized spacial score (nSPS) is 33.0. The van der Waals surface area contributed by atoms with Crippen LogP contribution < -0.4 is 10.2 Å². The smallest absolute Gasteiger partial charge is 0.153 e. The molecule has 3 aliphatic rings. The van der Waals surface area contributed by atoms with Crippen molar-refractivity contribution in [3.8, 4) is 0 Å². The topological polar surface area (TPSA) is 56.1 Å². The maximum absolute atomic E-state index is 6.04. The van der Waals surface area contributed by atoms with Crippen molar-refractivity contribution in [1.82, 2.24) is 15.2 Å². The van der Waals surface area contributed by atoms with Crippen LogP contribution in [0, 0.1) is 0 Å². The molecule has 0 saturated heterocycles. The molecule has 22 heavy (non-hydrogen) atoms. The summed E-state index contributed by atoms with van der Waals surface area (Å²) in [6, 6.07) is 5.69. The van der Waals surface area contributed by atoms with Crippen LogP contribution in [0.3, 0.4) is 0 Å². The largest absolute Gasteiger partial charge is 0.308 e. The zero-order valence-electron chi connectivity index (χ0n) is 12.4. The van der Waals surface area contributed by atoms with Gasteiger partial charge in [0.15, 0.2) is 6.17 Å². The Kier molecular flexibility index (Phi) is 3.07. The molecule has 1 aromatic rings. The van der Waals surface area contributed by atoms with E-state index in [-0.39, 0.29) is 17.7 Å². The van der Waals surface area contributed by atoms with Gasteiger partial charge in [-0.2, -0.15) is 0 Å². The molecule has 0 radical (unpaired) electrons. The molecule has 114 valence electrons. The molecular weight excluding hydrogens is 300 g/mol. The van der Waals surface area contributed by atoms with Gasteiger partial charge in [0.1, 0.15) is 16.5 Å². The van der Waals surface area contributed by atoms with E-state index in [1.807, 2.05) is 31.6 Å². The van der Waals surface area contributed by atoms with Crippen molar-refractivity contribution in [2.75, 3.05) is 25.7 Å². The second-order valence-electron chi connectivity index (χ2n) is 5.69. The average Bonchev–Trinajstić information content (AvgIpc) is 3.07. The van der Waals surface area contributed by atoms with E-state index in [4.69, 9.17) is 21.6 Å². The number of hydrogen-bond donors (Lipinski definition) is 1. The van der Waals surface area contributed by atoms with E-state index in [0.717, 1.165) is 11.5 Å². The van der Waals surface area contributed by atoms with Gasteiger partial charge in [0.05, 0.1) is 18.4 Å². The molecule has 3 unspecified atom stereocenters. The van der Waals surface area contributed by atoms with Gasteiger partial charge in [-0.15, -0.1) is 0 Å². The van der Waals surface area contributed by atoms with Crippen molar-refractivity contribution in [2.24, 2.45) is 9.98 Å². The van der Waals surface area contributed by atoms with Gasteiger partial charge in [0.2, 0.25) is 0 Å². The third kappa shape index (κ3) is 1.71. The zero-order valence-corrected chi connectivity index (χ0v) is 13.2. The number of halogens is 1. The maximum atomic E-state index is 6.04. The second-order valence-corrected chi connectivity index (χ2v) is 6.07. The SMILES string of the molecule is CNC1C=NC2N(c3cccc(Cl)n3)C=CC23C1=NCN3C. The van der Waals surface area contributed by atoms with E-state index in [9.17, 15) is 0 Å². The molecule has 3 atom stereocenters. The Morgan fingerprint density at radius 1 is 1.41 bits per heavy atom. The summed E-state index contributed by atoms with van der Waals surface area (Å²) in [7, 11) is 4.01. The molecule has 6 nitrogen and oxygen atoms in total. The van der Waals surface area contributed by atoms with Crippen molar-refractivity contribution < 1.29 is 0 Å². The molecule has 0 saturated carbocycles. The first-order valence-electron chi connectivity index (χ1n) is 7.23. The highest BCUT2D eigenvalue weighted by atomic mass is 35.5. The lowest BCUT2D eigenvalue weighted by Gasteiger charge is -2.42. The fourth-order valence-electron chi connectivity index (χ4n) is 3.46. The molecule has 0 fully saturated rings. The number of pyridine rings is 1. The van der Waals surface area contributed by atoms with Gasteiger partial charge in [-0.05, 0) is 32.3 Å². The Balaban J connectivity index is 1.80. The van der Waals surface area contributed by atoms with Crippen LogP contribution in [0.4, 0.5) is 5.82 Å². The molecular formula is C15H17ClN6. The maximum Gasteiger partial charge on any atom is 0.153 e. The molecule has 1 spiro atoms. The lowest BCUT2D eigenvalue weighted by molar-refractivity contribution is 0.236. The van der Waals surface area contributed by atoms with E-state index < -0.39 is 0 Å². The minimum absolute atomic E-state index is 0.0677. The van der Waals surface area contributed by atoms with Crippen LogP contribution >= 0.6 is 11.6 Å². The van der Waals surface area contributed by atoms with E-state index in [0.29, 0.717) is 11.8 Å². The van der Waals surface area contributed by atoms with Crippen LogP contribution in [0.1, 0.15) is 0 Å². The molecule has 1 aromatic heterocycles. The summed E-state index contributed by atoms with van der Waals surface area (Å²) in [6.07, 6.45) is 6.04. The van der Waals surface area contributed by atoms with Gasteiger partial charge in [-0.25, -0.2) is 4.98 Å². The molecule has 4 rings (SSSR count). The van der Waals surface area contributed by atoms with Gasteiger partial charge in [0, 0.05) is 12.4 Å². The van der Waals surface area contributed by atoms with Gasteiger partial charge in [0.25, 0.3) is 0 Å². The van der Waals surface area contributed by atoms with Crippen molar-refractivity contribution in [2.45, 2.75) is 17.7 Å². The molecule has 0 aromatic carbocycles. The first-order valence-corrected chi connectivity index (χ1v) is 7.61. The molecule has 1 N–H and O–H groups in total. The van der Waals surface area contributed by atoms with Gasteiger partial charge >= 0.3 is 0 Å². The summed E-state index contributed by atoms with van der Waals surface area (Å²) in [6.45, 7) is 0.675. The molecule has 0 amide bonds. The summed E-state index contributed by atoms with van der Waals surface area (Å²) in [5.74, 6) is 0.797. The van der Waals surface area contributed by atoms with Gasteiger partial charge in [-0.1, -0.05) is 17.7 Å². The summed E-state index contributed by atoms with van der Waals surface area (Å²) in [5.41, 5.74) is 0.796. The third-order valence-corrected chi connectivity index (χ3v) is 4.80. The summed E-state index contributed by atoms with van der Waals surface area (Å²) in [4.78, 5) is 18.2. The van der Waals surface area contributed by atoms with E-state index in [2.05, 4.69) is 33.2 Å². The van der Waals surface area contributed by atoms with Crippen molar-refractivity contribution in [1.29, 1.82) is 0 Å². The first kappa shape index (κ1) is 13.9. The fourth-order valence-corrected chi connectivity index (χ4v) is 3.62. The first-order chi connectivity index (χ1) is 10.7. The Morgan fingerprint density at radius 2 is 2.27 bits per heavy atom. The van der Waals surface area contributed by atoms with Crippen LogP contribution in [0.2, 0.25) is 5.15 Å². The van der Waals surface area contributed by atoms with Crippen molar-refractivity contribution >= 4 is 29.3 Å². The molecule has 7 heteroatoms. The van der Waals surface area contributed by atoms with E-state index in [1.54, 1.807) is 6.07 Å². The molecule has 0 bridgehead atoms. The van der Waals surface area contributed by atoms with Crippen LogP contribution in [0.15, 0.2) is 40.5 Å². The number of rotatable bonds is 2. The van der Waals surface area contributed by atoms with Crippen LogP contribution in [0.25, 0.3) is 0 Å². The van der Waals surface area contributed by atoms with Crippen molar-refractivity contribution in [3.05, 3.63) is 35.6 Å². The number of aliphatic imine (C=N–C) groups is 2.